The van der Waals surface area contributed by atoms with Crippen molar-refractivity contribution in [3.05, 3.63) is 24.3 Å². The predicted molar refractivity (Wildman–Crippen MR) is 103 cm³/mol. The van der Waals surface area contributed by atoms with Crippen LogP contribution in [0.15, 0.2) is 24.3 Å². The van der Waals surface area contributed by atoms with Gasteiger partial charge in [0.15, 0.2) is 0 Å². The zero-order valence-corrected chi connectivity index (χ0v) is 15.8. The molecule has 5 N–H and O–H groups in total. The van der Waals surface area contributed by atoms with Crippen molar-refractivity contribution in [1.29, 1.82) is 0 Å². The number of carbonyl (C=O) groups is 4. The number of amides is 4. The fraction of sp³-hybridized carbons (Fsp3) is 0.474. The Morgan fingerprint density at radius 3 is 2.46 bits per heavy atom. The molecule has 2 heterocycles. The number of likely N-dealkylation sites (tertiary alicyclic amines) is 1. The minimum atomic E-state index is -0.798. The Kier molecular flexibility index (Phi) is 5.53. The Bertz CT molecular complexity index is 801. The van der Waals surface area contributed by atoms with Gasteiger partial charge in [0.2, 0.25) is 23.6 Å². The summed E-state index contributed by atoms with van der Waals surface area (Å²) in [6, 6.07) is 6.70. The lowest BCUT2D eigenvalue weighted by Gasteiger charge is -2.44. The van der Waals surface area contributed by atoms with E-state index in [-0.39, 0.29) is 30.6 Å². The highest BCUT2D eigenvalue weighted by Gasteiger charge is 2.45. The summed E-state index contributed by atoms with van der Waals surface area (Å²) in [5.74, 6) is -1.24. The van der Waals surface area contributed by atoms with Crippen LogP contribution >= 0.6 is 0 Å². The lowest BCUT2D eigenvalue weighted by molar-refractivity contribution is -0.139. The number of anilines is 2. The summed E-state index contributed by atoms with van der Waals surface area (Å²) in [6.07, 6.45) is 1.06. The number of carbonyl (C=O) groups excluding carboxylic acids is 4. The molecule has 0 aromatic heterocycles. The van der Waals surface area contributed by atoms with Crippen LogP contribution in [-0.2, 0) is 19.2 Å². The largest absolute Gasteiger partial charge is 0.370 e. The molecule has 4 amide bonds. The van der Waals surface area contributed by atoms with Crippen LogP contribution in [0.5, 0.6) is 0 Å². The number of nitrogens with zero attached hydrogens (tertiary/aromatic N) is 1. The van der Waals surface area contributed by atoms with E-state index in [1.54, 1.807) is 4.90 Å². The summed E-state index contributed by atoms with van der Waals surface area (Å²) < 4.78 is 0. The smallest absolute Gasteiger partial charge is 0.250 e. The summed E-state index contributed by atoms with van der Waals surface area (Å²) >= 11 is 0. The average Bonchev–Trinajstić information content (AvgIpc) is 2.66. The fourth-order valence-corrected chi connectivity index (χ4v) is 3.73. The molecule has 3 rings (SSSR count). The molecule has 1 fully saturated rings. The van der Waals surface area contributed by atoms with Crippen LogP contribution in [0.4, 0.5) is 11.4 Å². The lowest BCUT2D eigenvalue weighted by Crippen LogP contribution is -2.60. The molecule has 9 heteroatoms. The highest BCUT2D eigenvalue weighted by Crippen LogP contribution is 2.36. The van der Waals surface area contributed by atoms with E-state index in [4.69, 9.17) is 5.73 Å². The molecular formula is C19H25N5O4. The van der Waals surface area contributed by atoms with Crippen LogP contribution in [0.1, 0.15) is 32.6 Å². The normalized spacial score (nSPS) is 18.5. The molecule has 150 valence electrons. The number of nitrogens with two attached hydrogens (primary N) is 1. The minimum absolute atomic E-state index is 0.00914. The first kappa shape index (κ1) is 19.7. The molecule has 0 aliphatic carbocycles. The third kappa shape index (κ3) is 4.08. The first-order chi connectivity index (χ1) is 13.3. The van der Waals surface area contributed by atoms with Gasteiger partial charge in [-0.3, -0.25) is 19.2 Å². The van der Waals surface area contributed by atoms with Crippen LogP contribution in [0, 0.1) is 0 Å². The maximum atomic E-state index is 12.8. The number of primary amides is 1. The van der Waals surface area contributed by atoms with Gasteiger partial charge in [0.25, 0.3) is 0 Å². The molecule has 1 saturated heterocycles. The van der Waals surface area contributed by atoms with Crippen LogP contribution in [0.25, 0.3) is 0 Å². The third-order valence-corrected chi connectivity index (χ3v) is 5.27. The molecule has 0 bridgehead atoms. The molecule has 1 atom stereocenters. The van der Waals surface area contributed by atoms with Crippen LogP contribution in [0.3, 0.4) is 0 Å². The van der Waals surface area contributed by atoms with Gasteiger partial charge in [-0.1, -0.05) is 12.1 Å². The highest BCUT2D eigenvalue weighted by atomic mass is 16.2. The van der Waals surface area contributed by atoms with Crippen molar-refractivity contribution in [1.82, 2.24) is 10.2 Å². The van der Waals surface area contributed by atoms with E-state index in [1.807, 2.05) is 24.3 Å². The van der Waals surface area contributed by atoms with E-state index >= 15 is 0 Å². The van der Waals surface area contributed by atoms with Gasteiger partial charge in [0.1, 0.15) is 11.6 Å². The van der Waals surface area contributed by atoms with E-state index in [0.29, 0.717) is 25.9 Å². The summed E-state index contributed by atoms with van der Waals surface area (Å²) in [5.41, 5.74) is 6.01. The highest BCUT2D eigenvalue weighted by molar-refractivity contribution is 6.06. The second kappa shape index (κ2) is 7.87. The number of fused-ring (bicyclic) bond motifs is 1. The number of hydrogen-bond acceptors (Lipinski definition) is 5. The van der Waals surface area contributed by atoms with Crippen LogP contribution in [0.2, 0.25) is 0 Å². The van der Waals surface area contributed by atoms with E-state index in [2.05, 4.69) is 16.0 Å². The van der Waals surface area contributed by atoms with Crippen molar-refractivity contribution in [2.24, 2.45) is 5.73 Å². The zero-order chi connectivity index (χ0) is 20.3. The Morgan fingerprint density at radius 1 is 1.21 bits per heavy atom. The molecule has 9 nitrogen and oxygen atoms in total. The molecule has 2 aliphatic rings. The Morgan fingerprint density at radius 2 is 1.86 bits per heavy atom. The fourth-order valence-electron chi connectivity index (χ4n) is 3.73. The van der Waals surface area contributed by atoms with E-state index in [0.717, 1.165) is 11.4 Å². The summed E-state index contributed by atoms with van der Waals surface area (Å²) in [4.78, 5) is 49.6. The maximum absolute atomic E-state index is 12.8. The second-order valence-electron chi connectivity index (χ2n) is 7.29. The molecule has 0 unspecified atom stereocenters. The average molecular weight is 387 g/mol. The van der Waals surface area contributed by atoms with Gasteiger partial charge in [-0.2, -0.15) is 0 Å². The number of rotatable bonds is 5. The quantitative estimate of drug-likeness (QED) is 0.572. The summed E-state index contributed by atoms with van der Waals surface area (Å²) in [7, 11) is 0. The van der Waals surface area contributed by atoms with Crippen molar-refractivity contribution >= 4 is 35.0 Å². The number of para-hydroxylation sites is 2. The van der Waals surface area contributed by atoms with Crippen molar-refractivity contribution in [3.8, 4) is 0 Å². The molecular weight excluding hydrogens is 362 g/mol. The minimum Gasteiger partial charge on any atom is -0.370 e. The summed E-state index contributed by atoms with van der Waals surface area (Å²) in [5, 5.41) is 8.87. The number of nitrogens with one attached hydrogen (secondary N) is 3. The van der Waals surface area contributed by atoms with E-state index in [1.165, 1.54) is 6.92 Å². The molecule has 2 aliphatic heterocycles. The van der Waals surface area contributed by atoms with E-state index in [9.17, 15) is 19.2 Å². The predicted octanol–water partition coefficient (Wildman–Crippen LogP) is 0.182. The first-order valence-corrected chi connectivity index (χ1v) is 9.33. The SMILES string of the molecule is CC(=O)N[C@@H](CCC(N)=O)C(=O)N1CCC2(CC1)Nc1ccccc1NC2=O. The van der Waals surface area contributed by atoms with Gasteiger partial charge in [-0.15, -0.1) is 0 Å². The van der Waals surface area contributed by atoms with Gasteiger partial charge < -0.3 is 26.6 Å². The Balaban J connectivity index is 1.66. The van der Waals surface area contributed by atoms with Gasteiger partial charge in [0, 0.05) is 26.4 Å². The van der Waals surface area contributed by atoms with Crippen molar-refractivity contribution in [2.75, 3.05) is 23.7 Å². The standard InChI is InChI=1S/C19H25N5O4/c1-12(25)21-15(6-7-16(20)26)17(27)24-10-8-19(9-11-24)18(28)22-13-4-2-3-5-14(13)23-19/h2-5,15,23H,6-11H2,1H3,(H2,20,26)(H,21,25)(H,22,28)/t15-/m0/s1. The van der Waals surface area contributed by atoms with E-state index < -0.39 is 17.5 Å². The van der Waals surface area contributed by atoms with Crippen LogP contribution < -0.4 is 21.7 Å². The molecule has 1 aromatic carbocycles. The molecule has 28 heavy (non-hydrogen) atoms. The monoisotopic (exact) mass is 387 g/mol. The molecule has 1 aromatic rings. The molecule has 0 radical (unpaired) electrons. The van der Waals surface area contributed by atoms with Crippen molar-refractivity contribution < 1.29 is 19.2 Å². The number of piperidine rings is 1. The summed E-state index contributed by atoms with van der Waals surface area (Å²) in [6.45, 7) is 2.06. The number of hydrogen-bond donors (Lipinski definition) is 4. The van der Waals surface area contributed by atoms with Gasteiger partial charge in [-0.05, 0) is 31.4 Å². The molecule has 0 saturated carbocycles. The van der Waals surface area contributed by atoms with Crippen LogP contribution in [-0.4, -0.2) is 53.2 Å². The second-order valence-corrected chi connectivity index (χ2v) is 7.29. The third-order valence-electron chi connectivity index (χ3n) is 5.27. The first-order valence-electron chi connectivity index (χ1n) is 9.33. The zero-order valence-electron chi connectivity index (χ0n) is 15.8. The Labute approximate surface area is 163 Å². The van der Waals surface area contributed by atoms with Crippen molar-refractivity contribution in [2.45, 2.75) is 44.2 Å². The van der Waals surface area contributed by atoms with Gasteiger partial charge >= 0.3 is 0 Å². The van der Waals surface area contributed by atoms with Crippen molar-refractivity contribution in [3.63, 3.8) is 0 Å². The van der Waals surface area contributed by atoms with Gasteiger partial charge in [0.05, 0.1) is 11.4 Å². The molecule has 1 spiro atoms. The lowest BCUT2D eigenvalue weighted by atomic mass is 9.84. The Hall–Kier alpha value is -3.10. The topological polar surface area (TPSA) is 134 Å². The van der Waals surface area contributed by atoms with Gasteiger partial charge in [-0.25, -0.2) is 0 Å². The number of benzene rings is 1. The maximum Gasteiger partial charge on any atom is 0.250 e.